The van der Waals surface area contributed by atoms with Crippen molar-refractivity contribution in [3.63, 3.8) is 0 Å². The van der Waals surface area contributed by atoms with Crippen LogP contribution in [0.2, 0.25) is 0 Å². The lowest BCUT2D eigenvalue weighted by molar-refractivity contribution is -0.135. The minimum absolute atomic E-state index is 0.137. The Morgan fingerprint density at radius 2 is 2.04 bits per heavy atom. The zero-order chi connectivity index (χ0) is 18.3. The number of nitrogens with zero attached hydrogens (tertiary/aromatic N) is 1. The van der Waals surface area contributed by atoms with Gasteiger partial charge in [0.1, 0.15) is 12.1 Å². The summed E-state index contributed by atoms with van der Waals surface area (Å²) in [5.74, 6) is -0.126. The first-order chi connectivity index (χ1) is 12.5. The number of benzene rings is 1. The molecular weight excluding hydrogens is 330 g/mol. The van der Waals surface area contributed by atoms with Crippen molar-refractivity contribution in [3.8, 4) is 0 Å². The summed E-state index contributed by atoms with van der Waals surface area (Å²) in [6.45, 7) is 1.93. The smallest absolute Gasteiger partial charge is 0.325 e. The van der Waals surface area contributed by atoms with E-state index in [2.05, 4.69) is 17.6 Å². The average Bonchev–Trinajstić information content (AvgIpc) is 3.11. The first-order valence-electron chi connectivity index (χ1n) is 9.53. The van der Waals surface area contributed by atoms with Gasteiger partial charge in [0.25, 0.3) is 5.91 Å². The molecule has 26 heavy (non-hydrogen) atoms. The number of fused-ring (bicyclic) bond motifs is 2. The molecule has 1 aliphatic heterocycles. The van der Waals surface area contributed by atoms with Crippen molar-refractivity contribution in [1.82, 2.24) is 15.5 Å². The predicted octanol–water partition coefficient (Wildman–Crippen LogP) is 2.07. The predicted molar refractivity (Wildman–Crippen MR) is 96.2 cm³/mol. The van der Waals surface area contributed by atoms with E-state index in [0.29, 0.717) is 12.3 Å². The van der Waals surface area contributed by atoms with Crippen LogP contribution in [0.3, 0.4) is 0 Å². The van der Waals surface area contributed by atoms with Crippen LogP contribution in [0.5, 0.6) is 0 Å². The highest BCUT2D eigenvalue weighted by molar-refractivity contribution is 6.09. The van der Waals surface area contributed by atoms with E-state index in [-0.39, 0.29) is 24.4 Å². The third-order valence-corrected chi connectivity index (χ3v) is 6.18. The molecule has 2 N–H and O–H groups in total. The molecule has 0 radical (unpaired) electrons. The molecule has 6 heteroatoms. The van der Waals surface area contributed by atoms with Gasteiger partial charge in [0.2, 0.25) is 5.91 Å². The standard InChI is InChI=1S/C20H25N3O3/c1-13-6-2-5-9-16(13)21-17(24)12-23-18(25)20(22-19(23)26)11-10-14-7-3-4-8-15(14)20/h3-4,7-8,13,16H,2,5-6,9-12H2,1H3,(H,21,24)(H,22,26)/t13-,16+,20-/m0/s1. The first kappa shape index (κ1) is 17.1. The Bertz CT molecular complexity index is 762. The second-order valence-electron chi connectivity index (χ2n) is 7.82. The largest absolute Gasteiger partial charge is 0.352 e. The lowest BCUT2D eigenvalue weighted by atomic mass is 9.86. The molecule has 1 spiro atoms. The summed E-state index contributed by atoms with van der Waals surface area (Å²) in [4.78, 5) is 39.1. The Morgan fingerprint density at radius 3 is 2.85 bits per heavy atom. The first-order valence-corrected chi connectivity index (χ1v) is 9.53. The quantitative estimate of drug-likeness (QED) is 0.815. The summed E-state index contributed by atoms with van der Waals surface area (Å²) < 4.78 is 0. The van der Waals surface area contributed by atoms with E-state index in [1.54, 1.807) is 0 Å². The molecule has 4 amide bonds. The van der Waals surface area contributed by atoms with Gasteiger partial charge in [-0.25, -0.2) is 4.79 Å². The summed E-state index contributed by atoms with van der Waals surface area (Å²) in [7, 11) is 0. The van der Waals surface area contributed by atoms with Crippen molar-refractivity contribution in [1.29, 1.82) is 0 Å². The van der Waals surface area contributed by atoms with E-state index in [4.69, 9.17) is 0 Å². The Balaban J connectivity index is 1.48. The van der Waals surface area contributed by atoms with E-state index in [9.17, 15) is 14.4 Å². The molecule has 2 fully saturated rings. The highest BCUT2D eigenvalue weighted by Gasteiger charge is 2.55. The Hall–Kier alpha value is -2.37. The zero-order valence-corrected chi connectivity index (χ0v) is 15.1. The molecule has 6 nitrogen and oxygen atoms in total. The monoisotopic (exact) mass is 355 g/mol. The summed E-state index contributed by atoms with van der Waals surface area (Å²) >= 11 is 0. The average molecular weight is 355 g/mol. The minimum Gasteiger partial charge on any atom is -0.352 e. The Morgan fingerprint density at radius 1 is 1.27 bits per heavy atom. The van der Waals surface area contributed by atoms with Crippen LogP contribution in [0.1, 0.15) is 50.2 Å². The lowest BCUT2D eigenvalue weighted by Crippen LogP contribution is -2.47. The number of carbonyl (C=O) groups is 3. The fourth-order valence-corrected chi connectivity index (χ4v) is 4.66. The Kier molecular flexibility index (Phi) is 4.21. The van der Waals surface area contributed by atoms with Crippen molar-refractivity contribution >= 4 is 17.8 Å². The molecule has 1 aromatic rings. The molecule has 4 rings (SSSR count). The van der Waals surface area contributed by atoms with Crippen molar-refractivity contribution in [2.75, 3.05) is 6.54 Å². The third-order valence-electron chi connectivity index (χ3n) is 6.18. The van der Waals surface area contributed by atoms with Gasteiger partial charge >= 0.3 is 6.03 Å². The van der Waals surface area contributed by atoms with Gasteiger partial charge in [-0.1, -0.05) is 44.0 Å². The van der Waals surface area contributed by atoms with Crippen molar-refractivity contribution in [2.45, 2.75) is 57.0 Å². The SMILES string of the molecule is C[C@H]1CCCC[C@H]1NC(=O)CN1C(=O)N[C@]2(CCc3ccccc32)C1=O. The highest BCUT2D eigenvalue weighted by atomic mass is 16.2. The molecule has 1 aromatic carbocycles. The maximum atomic E-state index is 13.1. The minimum atomic E-state index is -0.994. The van der Waals surface area contributed by atoms with Crippen LogP contribution in [0, 0.1) is 5.92 Å². The maximum absolute atomic E-state index is 13.1. The summed E-state index contributed by atoms with van der Waals surface area (Å²) in [6.07, 6.45) is 5.68. The molecule has 0 aromatic heterocycles. The highest BCUT2D eigenvalue weighted by Crippen LogP contribution is 2.41. The van der Waals surface area contributed by atoms with Gasteiger partial charge in [0.15, 0.2) is 0 Å². The van der Waals surface area contributed by atoms with Gasteiger partial charge in [-0.15, -0.1) is 0 Å². The van der Waals surface area contributed by atoms with Crippen LogP contribution in [0.4, 0.5) is 4.79 Å². The van der Waals surface area contributed by atoms with Gasteiger partial charge in [0.05, 0.1) is 0 Å². The second-order valence-corrected chi connectivity index (χ2v) is 7.82. The number of urea groups is 1. The van der Waals surface area contributed by atoms with Crippen molar-refractivity contribution in [3.05, 3.63) is 35.4 Å². The van der Waals surface area contributed by atoms with Crippen LogP contribution in [0.15, 0.2) is 24.3 Å². The van der Waals surface area contributed by atoms with Crippen LogP contribution in [-0.4, -0.2) is 35.3 Å². The lowest BCUT2D eigenvalue weighted by Gasteiger charge is -2.30. The molecule has 3 aliphatic rings. The van der Waals surface area contributed by atoms with Gasteiger partial charge in [0, 0.05) is 6.04 Å². The number of nitrogens with one attached hydrogen (secondary N) is 2. The van der Waals surface area contributed by atoms with Gasteiger partial charge < -0.3 is 10.6 Å². The number of imide groups is 1. The third kappa shape index (κ3) is 2.68. The summed E-state index contributed by atoms with van der Waals surface area (Å²) in [5.41, 5.74) is 0.956. The van der Waals surface area contributed by atoms with Crippen LogP contribution < -0.4 is 10.6 Å². The van der Waals surface area contributed by atoms with Crippen molar-refractivity contribution in [2.24, 2.45) is 5.92 Å². The van der Waals surface area contributed by atoms with E-state index < -0.39 is 11.6 Å². The van der Waals surface area contributed by atoms with Crippen LogP contribution in [0.25, 0.3) is 0 Å². The fourth-order valence-electron chi connectivity index (χ4n) is 4.66. The zero-order valence-electron chi connectivity index (χ0n) is 15.1. The topological polar surface area (TPSA) is 78.5 Å². The number of carbonyl (C=O) groups excluding carboxylic acids is 3. The van der Waals surface area contributed by atoms with E-state index in [1.807, 2.05) is 24.3 Å². The van der Waals surface area contributed by atoms with Crippen LogP contribution in [-0.2, 0) is 21.5 Å². The summed E-state index contributed by atoms with van der Waals surface area (Å²) in [5, 5.41) is 5.88. The second kappa shape index (κ2) is 6.41. The molecule has 0 unspecified atom stereocenters. The molecule has 1 saturated carbocycles. The number of hydrogen-bond acceptors (Lipinski definition) is 3. The number of amides is 4. The van der Waals surface area contributed by atoms with E-state index in [0.717, 1.165) is 41.7 Å². The molecule has 1 saturated heterocycles. The number of hydrogen-bond donors (Lipinski definition) is 2. The normalized spacial score (nSPS) is 30.4. The van der Waals surface area contributed by atoms with Crippen molar-refractivity contribution < 1.29 is 14.4 Å². The molecular formula is C20H25N3O3. The molecule has 0 bridgehead atoms. The maximum Gasteiger partial charge on any atom is 0.325 e. The number of aryl methyl sites for hydroxylation is 1. The number of rotatable bonds is 3. The molecule has 138 valence electrons. The molecule has 2 aliphatic carbocycles. The molecule has 3 atom stereocenters. The molecule has 1 heterocycles. The van der Waals surface area contributed by atoms with Gasteiger partial charge in [-0.3, -0.25) is 14.5 Å². The summed E-state index contributed by atoms with van der Waals surface area (Å²) in [6, 6.07) is 7.37. The van der Waals surface area contributed by atoms with Gasteiger partial charge in [-0.05, 0) is 42.7 Å². The van der Waals surface area contributed by atoms with E-state index >= 15 is 0 Å². The fraction of sp³-hybridized carbons (Fsp3) is 0.550. The Labute approximate surface area is 153 Å². The van der Waals surface area contributed by atoms with Crippen LogP contribution >= 0.6 is 0 Å². The van der Waals surface area contributed by atoms with E-state index in [1.165, 1.54) is 6.42 Å². The van der Waals surface area contributed by atoms with Gasteiger partial charge in [-0.2, -0.15) is 0 Å².